The standard InChI is InChI=1S/C16H21F3N2O2/c17-16(18,19)15(23)1-2-20-21(15)13(22)9-14-6-10-3-11(7-14)5-12(4-10)8-14/h2,10-12,23H,1,3-9H2. The second kappa shape index (κ2) is 4.71. The van der Waals surface area contributed by atoms with E-state index in [0.29, 0.717) is 17.8 Å². The largest absolute Gasteiger partial charge is 0.438 e. The lowest BCUT2D eigenvalue weighted by atomic mass is 9.49. The molecular weight excluding hydrogens is 309 g/mol. The summed E-state index contributed by atoms with van der Waals surface area (Å²) < 4.78 is 39.4. The summed E-state index contributed by atoms with van der Waals surface area (Å²) in [5.74, 6) is 1.17. The fraction of sp³-hybridized carbons (Fsp3) is 0.875. The van der Waals surface area contributed by atoms with Gasteiger partial charge in [0.2, 0.25) is 5.91 Å². The zero-order chi connectivity index (χ0) is 16.5. The fourth-order valence-electron chi connectivity index (χ4n) is 5.84. The average molecular weight is 330 g/mol. The monoisotopic (exact) mass is 330 g/mol. The number of rotatable bonds is 2. The predicted octanol–water partition coefficient (Wildman–Crippen LogP) is 3.06. The van der Waals surface area contributed by atoms with Crippen molar-refractivity contribution in [3.8, 4) is 0 Å². The Morgan fingerprint density at radius 3 is 2.17 bits per heavy atom. The van der Waals surface area contributed by atoms with E-state index in [2.05, 4.69) is 5.10 Å². The lowest BCUT2D eigenvalue weighted by molar-refractivity contribution is -0.302. The summed E-state index contributed by atoms with van der Waals surface area (Å²) in [4.78, 5) is 12.5. The third kappa shape index (κ3) is 2.30. The molecule has 4 nitrogen and oxygen atoms in total. The van der Waals surface area contributed by atoms with Crippen molar-refractivity contribution in [2.75, 3.05) is 0 Å². The quantitative estimate of drug-likeness (QED) is 0.846. The zero-order valence-electron chi connectivity index (χ0n) is 12.9. The van der Waals surface area contributed by atoms with Gasteiger partial charge in [0.15, 0.2) is 0 Å². The van der Waals surface area contributed by atoms with Crippen LogP contribution in [-0.2, 0) is 4.79 Å². The lowest BCUT2D eigenvalue weighted by Crippen LogP contribution is -2.57. The molecule has 0 aromatic heterocycles. The molecule has 5 rings (SSSR count). The summed E-state index contributed by atoms with van der Waals surface area (Å²) in [6, 6.07) is 0. The van der Waals surface area contributed by atoms with E-state index in [1.54, 1.807) is 0 Å². The molecule has 1 unspecified atom stereocenters. The molecule has 1 N–H and O–H groups in total. The highest BCUT2D eigenvalue weighted by molar-refractivity contribution is 5.81. The van der Waals surface area contributed by atoms with E-state index in [1.807, 2.05) is 0 Å². The van der Waals surface area contributed by atoms with Crippen molar-refractivity contribution in [2.24, 2.45) is 28.3 Å². The Labute approximate surface area is 132 Å². The van der Waals surface area contributed by atoms with Crippen LogP contribution in [0.15, 0.2) is 5.10 Å². The van der Waals surface area contributed by atoms with Gasteiger partial charge in [0.1, 0.15) is 0 Å². The molecule has 4 saturated carbocycles. The van der Waals surface area contributed by atoms with Gasteiger partial charge in [-0.2, -0.15) is 23.3 Å². The summed E-state index contributed by atoms with van der Waals surface area (Å²) in [6.45, 7) is 0. The lowest BCUT2D eigenvalue weighted by Gasteiger charge is -2.57. The van der Waals surface area contributed by atoms with Gasteiger partial charge in [-0.25, -0.2) is 0 Å². The Kier molecular flexibility index (Phi) is 3.16. The molecule has 0 aromatic carbocycles. The number of amides is 1. The van der Waals surface area contributed by atoms with E-state index >= 15 is 0 Å². The first-order chi connectivity index (χ1) is 10.7. The van der Waals surface area contributed by atoms with Crippen molar-refractivity contribution in [3.05, 3.63) is 0 Å². The van der Waals surface area contributed by atoms with Crippen molar-refractivity contribution in [2.45, 2.75) is 63.3 Å². The molecule has 4 aliphatic carbocycles. The van der Waals surface area contributed by atoms with Gasteiger partial charge in [-0.05, 0) is 61.7 Å². The van der Waals surface area contributed by atoms with Gasteiger partial charge in [-0.1, -0.05) is 0 Å². The number of alkyl halides is 3. The second-order valence-corrected chi connectivity index (χ2v) is 8.12. The minimum atomic E-state index is -4.90. The fourth-order valence-corrected chi connectivity index (χ4v) is 5.84. The van der Waals surface area contributed by atoms with E-state index in [-0.39, 0.29) is 16.8 Å². The van der Waals surface area contributed by atoms with Crippen molar-refractivity contribution < 1.29 is 23.1 Å². The normalized spacial score (nSPS) is 45.0. The Balaban J connectivity index is 1.53. The van der Waals surface area contributed by atoms with E-state index in [9.17, 15) is 23.1 Å². The minimum absolute atomic E-state index is 0.0756. The number of aliphatic hydroxyl groups is 1. The van der Waals surface area contributed by atoms with Gasteiger partial charge in [0.05, 0.1) is 0 Å². The number of halogens is 3. The molecule has 4 bridgehead atoms. The maximum atomic E-state index is 13.1. The van der Waals surface area contributed by atoms with E-state index in [4.69, 9.17) is 0 Å². The molecule has 1 amide bonds. The van der Waals surface area contributed by atoms with Crippen LogP contribution < -0.4 is 0 Å². The smallest absolute Gasteiger partial charge is 0.362 e. The second-order valence-electron chi connectivity index (χ2n) is 8.12. The molecule has 0 radical (unpaired) electrons. The summed E-state index contributed by atoms with van der Waals surface area (Å²) in [5.41, 5.74) is -3.34. The van der Waals surface area contributed by atoms with Crippen LogP contribution >= 0.6 is 0 Å². The molecule has 5 aliphatic rings. The van der Waals surface area contributed by atoms with E-state index in [0.717, 1.165) is 25.5 Å². The van der Waals surface area contributed by atoms with Gasteiger partial charge in [0, 0.05) is 19.1 Å². The van der Waals surface area contributed by atoms with Crippen molar-refractivity contribution >= 4 is 12.1 Å². The molecule has 0 aromatic rings. The van der Waals surface area contributed by atoms with Crippen molar-refractivity contribution in [1.82, 2.24) is 5.01 Å². The van der Waals surface area contributed by atoms with Crippen LogP contribution in [0.5, 0.6) is 0 Å². The van der Waals surface area contributed by atoms with Crippen LogP contribution in [0.1, 0.15) is 51.4 Å². The Bertz CT molecular complexity index is 525. The van der Waals surface area contributed by atoms with Gasteiger partial charge in [0.25, 0.3) is 5.72 Å². The predicted molar refractivity (Wildman–Crippen MR) is 76.2 cm³/mol. The minimum Gasteiger partial charge on any atom is -0.362 e. The summed E-state index contributed by atoms with van der Waals surface area (Å²) in [6.07, 6.45) is 1.90. The van der Waals surface area contributed by atoms with Gasteiger partial charge in [-0.15, -0.1) is 0 Å². The Hall–Kier alpha value is -1.11. The van der Waals surface area contributed by atoms with E-state index < -0.39 is 24.2 Å². The highest BCUT2D eigenvalue weighted by Crippen LogP contribution is 2.61. The number of nitrogens with zero attached hydrogens (tertiary/aromatic N) is 2. The Morgan fingerprint density at radius 1 is 1.17 bits per heavy atom. The number of hydrogen-bond donors (Lipinski definition) is 1. The number of carbonyl (C=O) groups is 1. The van der Waals surface area contributed by atoms with Crippen LogP contribution in [0.25, 0.3) is 0 Å². The van der Waals surface area contributed by atoms with Crippen LogP contribution in [0.4, 0.5) is 13.2 Å². The molecule has 7 heteroatoms. The number of hydrazone groups is 1. The van der Waals surface area contributed by atoms with Crippen LogP contribution in [0.2, 0.25) is 0 Å². The molecule has 4 fully saturated rings. The molecule has 1 aliphatic heterocycles. The maximum Gasteiger partial charge on any atom is 0.438 e. The molecule has 1 heterocycles. The van der Waals surface area contributed by atoms with Gasteiger partial charge in [-0.3, -0.25) is 4.79 Å². The van der Waals surface area contributed by atoms with Crippen LogP contribution in [-0.4, -0.2) is 34.1 Å². The first-order valence-corrected chi connectivity index (χ1v) is 8.35. The number of carbonyl (C=O) groups excluding carboxylic acids is 1. The highest BCUT2D eigenvalue weighted by atomic mass is 19.4. The molecule has 23 heavy (non-hydrogen) atoms. The Morgan fingerprint density at radius 2 is 1.70 bits per heavy atom. The average Bonchev–Trinajstić information content (AvgIpc) is 2.79. The molecule has 0 spiro atoms. The van der Waals surface area contributed by atoms with E-state index in [1.165, 1.54) is 19.3 Å². The first-order valence-electron chi connectivity index (χ1n) is 8.35. The molecule has 128 valence electrons. The third-order valence-corrected chi connectivity index (χ3v) is 6.30. The number of hydrogen-bond acceptors (Lipinski definition) is 3. The third-order valence-electron chi connectivity index (χ3n) is 6.30. The molecular formula is C16H21F3N2O2. The topological polar surface area (TPSA) is 52.9 Å². The van der Waals surface area contributed by atoms with Gasteiger partial charge < -0.3 is 5.11 Å². The maximum absolute atomic E-state index is 13.1. The molecule has 1 atom stereocenters. The zero-order valence-corrected chi connectivity index (χ0v) is 12.9. The van der Waals surface area contributed by atoms with Crippen LogP contribution in [0, 0.1) is 23.2 Å². The van der Waals surface area contributed by atoms with Gasteiger partial charge >= 0.3 is 6.18 Å². The summed E-state index contributed by atoms with van der Waals surface area (Å²) in [5, 5.41) is 13.8. The highest BCUT2D eigenvalue weighted by Gasteiger charge is 2.62. The summed E-state index contributed by atoms with van der Waals surface area (Å²) in [7, 11) is 0. The van der Waals surface area contributed by atoms with Crippen molar-refractivity contribution in [3.63, 3.8) is 0 Å². The molecule has 0 saturated heterocycles. The SMILES string of the molecule is O=C(CC12CC3CC(CC(C3)C1)C2)N1N=CCC1(O)C(F)(F)F. The summed E-state index contributed by atoms with van der Waals surface area (Å²) >= 11 is 0. The first kappa shape index (κ1) is 15.4. The van der Waals surface area contributed by atoms with Crippen molar-refractivity contribution in [1.29, 1.82) is 0 Å². The van der Waals surface area contributed by atoms with Crippen LogP contribution in [0.3, 0.4) is 0 Å².